The third-order valence-electron chi connectivity index (χ3n) is 6.31. The Morgan fingerprint density at radius 3 is 1.40 bits per heavy atom. The largest absolute Gasteiger partial charge is 0.487 e. The number of azo groups is 1. The number of ether oxygens (including phenoxy) is 11. The van der Waals surface area contributed by atoms with Gasteiger partial charge >= 0.3 is 5.97 Å². The SMILES string of the molecule is CC(C)(C)OC(=O)c1cc2c(cc1N=Nc1ccc3c(c1)OCCOCCOCCOCCO3)OCCOCCOCCOCCO2. The number of carbonyl (C=O) groups is 1. The molecule has 4 rings (SSSR count). The molecule has 0 amide bonds. The fraction of sp³-hybridized carbons (Fsp3) is 0.606. The van der Waals surface area contributed by atoms with Crippen LogP contribution in [0.5, 0.6) is 23.0 Å². The maximum atomic E-state index is 13.4. The van der Waals surface area contributed by atoms with Gasteiger partial charge in [-0.1, -0.05) is 0 Å². The molecule has 0 N–H and O–H groups in total. The smallest absolute Gasteiger partial charge is 0.341 e. The standard InChI is InChI=1S/C33H46N2O12/c1-33(2,3)47-32(36)26-23-30-31(46-21-17-42-13-9-38-8-12-41-16-20-45-30)24-27(26)35-34-25-4-5-28-29(22-25)44-19-15-40-11-7-37-6-10-39-14-18-43-28/h4-5,22-24H,6-21H2,1-3H3. The van der Waals surface area contributed by atoms with Crippen molar-refractivity contribution in [2.24, 2.45) is 10.2 Å². The predicted octanol–water partition coefficient (Wildman–Crippen LogP) is 4.70. The summed E-state index contributed by atoms with van der Waals surface area (Å²) >= 11 is 0. The second kappa shape index (κ2) is 20.0. The van der Waals surface area contributed by atoms with Crippen LogP contribution in [0.2, 0.25) is 0 Å². The zero-order chi connectivity index (χ0) is 33.2. The van der Waals surface area contributed by atoms with E-state index < -0.39 is 11.6 Å². The van der Waals surface area contributed by atoms with Crippen LogP contribution in [0, 0.1) is 0 Å². The van der Waals surface area contributed by atoms with Crippen molar-refractivity contribution < 1.29 is 56.9 Å². The molecule has 0 aromatic heterocycles. The molecule has 0 radical (unpaired) electrons. The molecule has 0 fully saturated rings. The van der Waals surface area contributed by atoms with Gasteiger partial charge in [0.2, 0.25) is 0 Å². The molecule has 0 atom stereocenters. The van der Waals surface area contributed by atoms with Crippen LogP contribution in [0.4, 0.5) is 11.4 Å². The van der Waals surface area contributed by atoms with E-state index >= 15 is 0 Å². The molecule has 2 aliphatic heterocycles. The Balaban J connectivity index is 1.60. The lowest BCUT2D eigenvalue weighted by Gasteiger charge is -2.21. The van der Waals surface area contributed by atoms with Crippen LogP contribution in [0.25, 0.3) is 0 Å². The minimum absolute atomic E-state index is 0.157. The maximum Gasteiger partial charge on any atom is 0.341 e. The molecule has 0 saturated heterocycles. The Kier molecular flexibility index (Phi) is 15.4. The fourth-order valence-electron chi connectivity index (χ4n) is 4.18. The number of nitrogens with zero attached hydrogens (tertiary/aromatic N) is 2. The highest BCUT2D eigenvalue weighted by Gasteiger charge is 2.24. The van der Waals surface area contributed by atoms with E-state index in [0.29, 0.717) is 121 Å². The van der Waals surface area contributed by atoms with Crippen LogP contribution >= 0.6 is 0 Å². The van der Waals surface area contributed by atoms with E-state index in [-0.39, 0.29) is 24.5 Å². The van der Waals surface area contributed by atoms with E-state index in [9.17, 15) is 4.79 Å². The third kappa shape index (κ3) is 13.6. The van der Waals surface area contributed by atoms with Crippen molar-refractivity contribution in [1.82, 2.24) is 0 Å². The summed E-state index contributed by atoms with van der Waals surface area (Å²) in [5.41, 5.74) is 0.102. The van der Waals surface area contributed by atoms with Gasteiger partial charge in [0.05, 0.1) is 90.5 Å². The van der Waals surface area contributed by atoms with Gasteiger partial charge < -0.3 is 52.1 Å². The lowest BCUT2D eigenvalue weighted by Crippen LogP contribution is -2.24. The number of hydrogen-bond acceptors (Lipinski definition) is 14. The highest BCUT2D eigenvalue weighted by atomic mass is 16.6. The lowest BCUT2D eigenvalue weighted by molar-refractivity contribution is 0.00676. The van der Waals surface area contributed by atoms with Crippen LogP contribution in [-0.4, -0.2) is 117 Å². The van der Waals surface area contributed by atoms with Crippen molar-refractivity contribution >= 4 is 17.3 Å². The topological polar surface area (TPSA) is 143 Å². The molecule has 0 unspecified atom stereocenters. The highest BCUT2D eigenvalue weighted by molar-refractivity contribution is 5.96. The first-order valence-electron chi connectivity index (χ1n) is 15.8. The third-order valence-corrected chi connectivity index (χ3v) is 6.31. The van der Waals surface area contributed by atoms with Crippen LogP contribution in [-0.2, 0) is 33.2 Å². The van der Waals surface area contributed by atoms with Gasteiger partial charge in [-0.3, -0.25) is 0 Å². The van der Waals surface area contributed by atoms with Gasteiger partial charge in [0, 0.05) is 18.2 Å². The first-order valence-corrected chi connectivity index (χ1v) is 15.8. The Labute approximate surface area is 275 Å². The number of esters is 1. The summed E-state index contributed by atoms with van der Waals surface area (Å²) < 4.78 is 62.8. The molecule has 14 nitrogen and oxygen atoms in total. The number of hydrogen-bond donors (Lipinski definition) is 0. The number of carbonyl (C=O) groups excluding carboxylic acids is 1. The average molecular weight is 663 g/mol. The zero-order valence-electron chi connectivity index (χ0n) is 27.5. The monoisotopic (exact) mass is 662 g/mol. The molecular formula is C33H46N2O12. The van der Waals surface area contributed by atoms with Gasteiger partial charge in [-0.2, -0.15) is 5.11 Å². The number of benzene rings is 2. The first-order chi connectivity index (χ1) is 22.9. The summed E-state index contributed by atoms with van der Waals surface area (Å²) in [5, 5.41) is 8.88. The van der Waals surface area contributed by atoms with E-state index in [2.05, 4.69) is 10.2 Å². The van der Waals surface area contributed by atoms with Gasteiger partial charge in [0.25, 0.3) is 0 Å². The minimum atomic E-state index is -0.747. The number of rotatable bonds is 3. The van der Waals surface area contributed by atoms with Gasteiger partial charge in [0.1, 0.15) is 37.7 Å². The van der Waals surface area contributed by atoms with Crippen LogP contribution in [0.1, 0.15) is 31.1 Å². The van der Waals surface area contributed by atoms with Crippen molar-refractivity contribution in [2.45, 2.75) is 26.4 Å². The van der Waals surface area contributed by atoms with Gasteiger partial charge in [-0.05, 0) is 32.9 Å². The summed E-state index contributed by atoms with van der Waals surface area (Å²) in [6.45, 7) is 11.5. The summed E-state index contributed by atoms with van der Waals surface area (Å²) in [4.78, 5) is 13.4. The molecule has 2 aromatic rings. The molecular weight excluding hydrogens is 616 g/mol. The molecule has 0 saturated carbocycles. The van der Waals surface area contributed by atoms with Crippen molar-refractivity contribution in [3.63, 3.8) is 0 Å². The summed E-state index contributed by atoms with van der Waals surface area (Å²) in [5.74, 6) is 1.11. The van der Waals surface area contributed by atoms with Gasteiger partial charge in [-0.25, -0.2) is 4.79 Å². The lowest BCUT2D eigenvalue weighted by atomic mass is 10.1. The minimum Gasteiger partial charge on any atom is -0.487 e. The molecule has 0 bridgehead atoms. The molecule has 2 aliphatic rings. The second-order valence-corrected chi connectivity index (χ2v) is 11.2. The molecule has 2 heterocycles. The normalized spacial score (nSPS) is 18.6. The zero-order valence-corrected chi connectivity index (χ0v) is 27.5. The number of fused-ring (bicyclic) bond motifs is 2. The molecule has 14 heteroatoms. The van der Waals surface area contributed by atoms with E-state index in [1.165, 1.54) is 0 Å². The van der Waals surface area contributed by atoms with Crippen molar-refractivity contribution in [2.75, 3.05) is 106 Å². The first kappa shape index (κ1) is 36.3. The van der Waals surface area contributed by atoms with E-state index in [1.807, 2.05) is 0 Å². The maximum absolute atomic E-state index is 13.4. The van der Waals surface area contributed by atoms with Crippen molar-refractivity contribution in [3.8, 4) is 23.0 Å². The Hall–Kier alpha value is -3.53. The van der Waals surface area contributed by atoms with E-state index in [0.717, 1.165) is 0 Å². The Bertz CT molecular complexity index is 1270. The van der Waals surface area contributed by atoms with Crippen LogP contribution in [0.15, 0.2) is 40.6 Å². The molecule has 0 aliphatic carbocycles. The quantitative estimate of drug-likeness (QED) is 0.332. The Morgan fingerprint density at radius 2 is 0.936 bits per heavy atom. The average Bonchev–Trinajstić information content (AvgIpc) is 3.05. The van der Waals surface area contributed by atoms with Gasteiger partial charge in [0.15, 0.2) is 23.0 Å². The van der Waals surface area contributed by atoms with Crippen molar-refractivity contribution in [3.05, 3.63) is 35.9 Å². The summed E-state index contributed by atoms with van der Waals surface area (Å²) in [6, 6.07) is 8.34. The molecule has 2 aromatic carbocycles. The predicted molar refractivity (Wildman–Crippen MR) is 169 cm³/mol. The van der Waals surface area contributed by atoms with Crippen LogP contribution in [0.3, 0.4) is 0 Å². The molecule has 0 spiro atoms. The van der Waals surface area contributed by atoms with E-state index in [1.54, 1.807) is 51.1 Å². The summed E-state index contributed by atoms with van der Waals surface area (Å²) in [7, 11) is 0. The van der Waals surface area contributed by atoms with E-state index in [4.69, 9.17) is 52.1 Å². The van der Waals surface area contributed by atoms with Crippen LogP contribution < -0.4 is 18.9 Å². The van der Waals surface area contributed by atoms with Gasteiger partial charge in [-0.15, -0.1) is 5.11 Å². The fourth-order valence-corrected chi connectivity index (χ4v) is 4.18. The highest BCUT2D eigenvalue weighted by Crippen LogP contribution is 2.38. The second-order valence-electron chi connectivity index (χ2n) is 11.2. The molecule has 47 heavy (non-hydrogen) atoms. The Morgan fingerprint density at radius 1 is 0.532 bits per heavy atom. The van der Waals surface area contributed by atoms with Crippen molar-refractivity contribution in [1.29, 1.82) is 0 Å². The summed E-state index contributed by atoms with van der Waals surface area (Å²) in [6.07, 6.45) is 0. The molecule has 260 valence electrons.